The van der Waals surface area contributed by atoms with Crippen molar-refractivity contribution in [3.8, 4) is 0 Å². The highest BCUT2D eigenvalue weighted by molar-refractivity contribution is 5.75. The van der Waals surface area contributed by atoms with E-state index in [-0.39, 0.29) is 0 Å². The molecule has 0 spiro atoms. The van der Waals surface area contributed by atoms with Crippen LogP contribution in [0.5, 0.6) is 0 Å². The van der Waals surface area contributed by atoms with E-state index < -0.39 is 0 Å². The summed E-state index contributed by atoms with van der Waals surface area (Å²) in [6.07, 6.45) is 8.71. The van der Waals surface area contributed by atoms with Crippen molar-refractivity contribution in [1.29, 1.82) is 0 Å². The number of hydrogen-bond acceptors (Lipinski definition) is 3. The normalized spacial score (nSPS) is 30.4. The second kappa shape index (κ2) is 7.39. The van der Waals surface area contributed by atoms with Crippen molar-refractivity contribution in [3.05, 3.63) is 0 Å². The molecule has 0 aromatic carbocycles. The average Bonchev–Trinajstić information content (AvgIpc) is 2.40. The molecule has 1 aliphatic heterocycles. The van der Waals surface area contributed by atoms with Crippen LogP contribution in [0.1, 0.15) is 51.9 Å². The van der Waals surface area contributed by atoms with Gasteiger partial charge in [0, 0.05) is 38.6 Å². The zero-order valence-corrected chi connectivity index (χ0v) is 12.7. The fraction of sp³-hybridized carbons (Fsp3) is 0.938. The van der Waals surface area contributed by atoms with E-state index in [4.69, 9.17) is 0 Å². The Morgan fingerprint density at radius 2 is 1.68 bits per heavy atom. The summed E-state index contributed by atoms with van der Waals surface area (Å²) in [6, 6.07) is 0.845. The minimum absolute atomic E-state index is 0.353. The topological polar surface area (TPSA) is 23.6 Å². The van der Waals surface area contributed by atoms with E-state index >= 15 is 0 Å². The Bertz CT molecular complexity index is 276. The van der Waals surface area contributed by atoms with Crippen molar-refractivity contribution < 1.29 is 4.79 Å². The quantitative estimate of drug-likeness (QED) is 0.764. The molecule has 3 nitrogen and oxygen atoms in total. The first kappa shape index (κ1) is 15.0. The van der Waals surface area contributed by atoms with Crippen LogP contribution in [0.4, 0.5) is 0 Å². The van der Waals surface area contributed by atoms with Crippen LogP contribution in [0.25, 0.3) is 0 Å². The molecule has 2 aliphatic rings. The summed E-state index contributed by atoms with van der Waals surface area (Å²) in [6.45, 7) is 6.70. The van der Waals surface area contributed by atoms with Gasteiger partial charge in [-0.3, -0.25) is 4.90 Å². The Balaban J connectivity index is 1.63. The lowest BCUT2D eigenvalue weighted by Gasteiger charge is -2.41. The minimum Gasteiger partial charge on any atom is -0.304 e. The molecule has 110 valence electrons. The van der Waals surface area contributed by atoms with Crippen molar-refractivity contribution in [2.45, 2.75) is 57.9 Å². The Labute approximate surface area is 118 Å². The van der Waals surface area contributed by atoms with Crippen LogP contribution in [0.2, 0.25) is 0 Å². The third-order valence-corrected chi connectivity index (χ3v) is 5.01. The van der Waals surface area contributed by atoms with Gasteiger partial charge < -0.3 is 9.69 Å². The summed E-state index contributed by atoms with van der Waals surface area (Å²) in [4.78, 5) is 16.1. The SMILES string of the molecule is CC(=O)CCCC1CCC(N2CCN(C)CC2)CC1. The monoisotopic (exact) mass is 266 g/mol. The third kappa shape index (κ3) is 4.88. The zero-order valence-electron chi connectivity index (χ0n) is 12.7. The number of likely N-dealkylation sites (N-methyl/N-ethyl adjacent to an activating group) is 1. The lowest BCUT2D eigenvalue weighted by atomic mass is 9.82. The number of hydrogen-bond donors (Lipinski definition) is 0. The van der Waals surface area contributed by atoms with Crippen molar-refractivity contribution in [2.75, 3.05) is 33.2 Å². The second-order valence-electron chi connectivity index (χ2n) is 6.61. The largest absolute Gasteiger partial charge is 0.304 e. The van der Waals surface area contributed by atoms with Crippen LogP contribution in [-0.2, 0) is 4.79 Å². The van der Waals surface area contributed by atoms with Crippen molar-refractivity contribution in [2.24, 2.45) is 5.92 Å². The van der Waals surface area contributed by atoms with Gasteiger partial charge in [0.15, 0.2) is 0 Å². The van der Waals surface area contributed by atoms with Crippen LogP contribution in [-0.4, -0.2) is 54.9 Å². The molecule has 3 heteroatoms. The first-order valence-corrected chi connectivity index (χ1v) is 8.07. The highest BCUT2D eigenvalue weighted by Crippen LogP contribution is 2.31. The van der Waals surface area contributed by atoms with E-state index in [9.17, 15) is 4.79 Å². The molecule has 0 bridgehead atoms. The van der Waals surface area contributed by atoms with Gasteiger partial charge in [0.1, 0.15) is 5.78 Å². The summed E-state index contributed by atoms with van der Waals surface area (Å²) in [5.41, 5.74) is 0. The lowest BCUT2D eigenvalue weighted by molar-refractivity contribution is -0.117. The number of rotatable bonds is 5. The summed E-state index contributed by atoms with van der Waals surface area (Å²) >= 11 is 0. The number of Topliss-reactive ketones (excluding diaryl/α,β-unsaturated/α-hetero) is 1. The molecular weight excluding hydrogens is 236 g/mol. The lowest BCUT2D eigenvalue weighted by Crippen LogP contribution is -2.49. The van der Waals surface area contributed by atoms with E-state index in [0.29, 0.717) is 5.78 Å². The summed E-state index contributed by atoms with van der Waals surface area (Å²) < 4.78 is 0. The number of piperazine rings is 1. The Morgan fingerprint density at radius 3 is 2.26 bits per heavy atom. The molecule has 0 aromatic rings. The minimum atomic E-state index is 0.353. The van der Waals surface area contributed by atoms with Crippen LogP contribution in [0.3, 0.4) is 0 Å². The van der Waals surface area contributed by atoms with E-state index in [1.807, 2.05) is 0 Å². The number of carbonyl (C=O) groups excluding carboxylic acids is 1. The van der Waals surface area contributed by atoms with Crippen molar-refractivity contribution in [1.82, 2.24) is 9.80 Å². The van der Waals surface area contributed by atoms with Gasteiger partial charge in [-0.05, 0) is 52.0 Å². The fourth-order valence-electron chi connectivity index (χ4n) is 3.63. The first-order valence-electron chi connectivity index (χ1n) is 8.07. The molecular formula is C16H30N2O. The van der Waals surface area contributed by atoms with Gasteiger partial charge in [-0.15, -0.1) is 0 Å². The van der Waals surface area contributed by atoms with Gasteiger partial charge in [-0.1, -0.05) is 6.42 Å². The molecule has 1 saturated heterocycles. The molecule has 0 aromatic heterocycles. The molecule has 2 fully saturated rings. The maximum atomic E-state index is 11.0. The summed E-state index contributed by atoms with van der Waals surface area (Å²) in [7, 11) is 2.23. The Morgan fingerprint density at radius 1 is 1.05 bits per heavy atom. The molecule has 1 heterocycles. The molecule has 0 radical (unpaired) electrons. The van der Waals surface area contributed by atoms with Crippen molar-refractivity contribution >= 4 is 5.78 Å². The molecule has 0 atom stereocenters. The van der Waals surface area contributed by atoms with Gasteiger partial charge in [0.05, 0.1) is 0 Å². The van der Waals surface area contributed by atoms with Crippen LogP contribution >= 0.6 is 0 Å². The number of ketones is 1. The molecule has 1 aliphatic carbocycles. The Hall–Kier alpha value is -0.410. The van der Waals surface area contributed by atoms with Gasteiger partial charge in [-0.25, -0.2) is 0 Å². The van der Waals surface area contributed by atoms with E-state index in [1.165, 1.54) is 58.3 Å². The number of carbonyl (C=O) groups is 1. The molecule has 0 amide bonds. The summed E-state index contributed by atoms with van der Waals surface area (Å²) in [5.74, 6) is 1.24. The highest BCUT2D eigenvalue weighted by atomic mass is 16.1. The summed E-state index contributed by atoms with van der Waals surface area (Å²) in [5, 5.41) is 0. The van der Waals surface area contributed by atoms with Crippen LogP contribution in [0.15, 0.2) is 0 Å². The average molecular weight is 266 g/mol. The predicted octanol–water partition coefficient (Wildman–Crippen LogP) is 2.55. The smallest absolute Gasteiger partial charge is 0.129 e. The van der Waals surface area contributed by atoms with Gasteiger partial charge in [-0.2, -0.15) is 0 Å². The highest BCUT2D eigenvalue weighted by Gasteiger charge is 2.27. The molecule has 0 unspecified atom stereocenters. The third-order valence-electron chi connectivity index (χ3n) is 5.01. The predicted molar refractivity (Wildman–Crippen MR) is 79.3 cm³/mol. The number of nitrogens with zero attached hydrogens (tertiary/aromatic N) is 2. The van der Waals surface area contributed by atoms with E-state index in [2.05, 4.69) is 16.8 Å². The van der Waals surface area contributed by atoms with Crippen LogP contribution in [0, 0.1) is 5.92 Å². The molecule has 2 rings (SSSR count). The second-order valence-corrected chi connectivity index (χ2v) is 6.61. The standard InChI is InChI=1S/C16H30N2O/c1-14(19)4-3-5-15-6-8-16(9-7-15)18-12-10-17(2)11-13-18/h15-16H,3-13H2,1-2H3. The molecule has 1 saturated carbocycles. The maximum absolute atomic E-state index is 11.0. The van der Waals surface area contributed by atoms with Gasteiger partial charge in [0.25, 0.3) is 0 Å². The van der Waals surface area contributed by atoms with Gasteiger partial charge >= 0.3 is 0 Å². The Kier molecular flexibility index (Phi) is 5.83. The van der Waals surface area contributed by atoms with Gasteiger partial charge in [0.2, 0.25) is 0 Å². The van der Waals surface area contributed by atoms with E-state index in [0.717, 1.165) is 24.8 Å². The van der Waals surface area contributed by atoms with Crippen LogP contribution < -0.4 is 0 Å². The maximum Gasteiger partial charge on any atom is 0.129 e. The molecule has 19 heavy (non-hydrogen) atoms. The van der Waals surface area contributed by atoms with Crippen molar-refractivity contribution in [3.63, 3.8) is 0 Å². The first-order chi connectivity index (χ1) is 9.15. The van der Waals surface area contributed by atoms with E-state index in [1.54, 1.807) is 6.92 Å². The zero-order chi connectivity index (χ0) is 13.7. The fourth-order valence-corrected chi connectivity index (χ4v) is 3.63. The molecule has 0 N–H and O–H groups in total.